The van der Waals surface area contributed by atoms with Gasteiger partial charge >= 0.3 is 6.18 Å². The summed E-state index contributed by atoms with van der Waals surface area (Å²) >= 11 is 2.49. The van der Waals surface area contributed by atoms with Crippen LogP contribution in [0.4, 0.5) is 13.2 Å². The van der Waals surface area contributed by atoms with Crippen LogP contribution in [0.5, 0.6) is 0 Å². The standard InChI is InChI=1S/C10H18BrF3O4/c1-15-2-3-16-4-5-17-6-7-18-8-9(11)10(12,13)14/h9H,2-8H2,1H3. The monoisotopic (exact) mass is 338 g/mol. The summed E-state index contributed by atoms with van der Waals surface area (Å²) in [6.45, 7) is 1.76. The Hall–Kier alpha value is 0.110. The van der Waals surface area contributed by atoms with Gasteiger partial charge in [0, 0.05) is 7.11 Å². The summed E-state index contributed by atoms with van der Waals surface area (Å²) in [5, 5.41) is 0. The number of halogens is 4. The lowest BCUT2D eigenvalue weighted by molar-refractivity contribution is -0.138. The molecule has 4 nitrogen and oxygen atoms in total. The highest BCUT2D eigenvalue weighted by Gasteiger charge is 2.37. The van der Waals surface area contributed by atoms with E-state index in [9.17, 15) is 13.2 Å². The predicted molar refractivity (Wildman–Crippen MR) is 63.1 cm³/mol. The highest BCUT2D eigenvalue weighted by atomic mass is 79.9. The van der Waals surface area contributed by atoms with Crippen molar-refractivity contribution in [2.45, 2.75) is 11.0 Å². The summed E-state index contributed by atoms with van der Waals surface area (Å²) in [5.41, 5.74) is 0. The molecule has 0 fully saturated rings. The Bertz CT molecular complexity index is 192. The lowest BCUT2D eigenvalue weighted by Crippen LogP contribution is -2.28. The van der Waals surface area contributed by atoms with Crippen LogP contribution in [0.1, 0.15) is 0 Å². The smallest absolute Gasteiger partial charge is 0.382 e. The third-order valence-electron chi connectivity index (χ3n) is 1.80. The maximum Gasteiger partial charge on any atom is 0.403 e. The molecule has 8 heteroatoms. The van der Waals surface area contributed by atoms with Gasteiger partial charge in [-0.3, -0.25) is 0 Å². The van der Waals surface area contributed by atoms with Crippen molar-refractivity contribution in [1.29, 1.82) is 0 Å². The summed E-state index contributed by atoms with van der Waals surface area (Å²) in [5.74, 6) is 0. The number of hydrogen-bond donors (Lipinski definition) is 0. The molecule has 1 atom stereocenters. The SMILES string of the molecule is COCCOCCOCCOCC(Br)C(F)(F)F. The van der Waals surface area contributed by atoms with Crippen LogP contribution in [0.15, 0.2) is 0 Å². The first-order valence-electron chi connectivity index (χ1n) is 5.41. The van der Waals surface area contributed by atoms with E-state index in [1.807, 2.05) is 0 Å². The van der Waals surface area contributed by atoms with E-state index in [4.69, 9.17) is 18.9 Å². The Morgan fingerprint density at radius 2 is 1.33 bits per heavy atom. The van der Waals surface area contributed by atoms with E-state index in [2.05, 4.69) is 15.9 Å². The third kappa shape index (κ3) is 11.2. The molecule has 0 aromatic rings. The quantitative estimate of drug-likeness (QED) is 0.426. The van der Waals surface area contributed by atoms with E-state index in [1.165, 1.54) is 0 Å². The van der Waals surface area contributed by atoms with Gasteiger partial charge in [0.05, 0.1) is 46.2 Å². The zero-order valence-electron chi connectivity index (χ0n) is 10.2. The molecule has 110 valence electrons. The van der Waals surface area contributed by atoms with Crippen molar-refractivity contribution in [3.05, 3.63) is 0 Å². The molecule has 0 rings (SSSR count). The summed E-state index contributed by atoms with van der Waals surface area (Å²) in [4.78, 5) is -1.64. The first kappa shape index (κ1) is 18.1. The molecule has 0 aliphatic heterocycles. The third-order valence-corrected chi connectivity index (χ3v) is 2.58. The molecule has 0 saturated carbocycles. The summed E-state index contributed by atoms with van der Waals surface area (Å²) < 4.78 is 55.9. The van der Waals surface area contributed by atoms with Crippen molar-refractivity contribution < 1.29 is 32.1 Å². The van der Waals surface area contributed by atoms with Gasteiger partial charge in [-0.2, -0.15) is 13.2 Å². The second kappa shape index (κ2) is 11.0. The molecule has 0 aliphatic rings. The second-order valence-corrected chi connectivity index (χ2v) is 4.41. The Morgan fingerprint density at radius 3 is 1.78 bits per heavy atom. The molecule has 0 radical (unpaired) electrons. The van der Waals surface area contributed by atoms with E-state index in [1.54, 1.807) is 7.11 Å². The highest BCUT2D eigenvalue weighted by Crippen LogP contribution is 2.26. The highest BCUT2D eigenvalue weighted by molar-refractivity contribution is 9.09. The van der Waals surface area contributed by atoms with Gasteiger partial charge in [-0.15, -0.1) is 0 Å². The molecule has 0 saturated heterocycles. The second-order valence-electron chi connectivity index (χ2n) is 3.30. The fraction of sp³-hybridized carbons (Fsp3) is 1.00. The van der Waals surface area contributed by atoms with Crippen LogP contribution in [0, 0.1) is 0 Å². The summed E-state index contributed by atoms with van der Waals surface area (Å²) in [6, 6.07) is 0. The fourth-order valence-electron chi connectivity index (χ4n) is 0.863. The van der Waals surface area contributed by atoms with Gasteiger partial charge in [0.25, 0.3) is 0 Å². The molecule has 0 aliphatic carbocycles. The average molecular weight is 339 g/mol. The molecule has 0 spiro atoms. The Balaban J connectivity index is 3.17. The van der Waals surface area contributed by atoms with Gasteiger partial charge in [-0.1, -0.05) is 15.9 Å². The Kier molecular flexibility index (Phi) is 11.0. The van der Waals surface area contributed by atoms with Crippen LogP contribution in [0.25, 0.3) is 0 Å². The molecular formula is C10H18BrF3O4. The van der Waals surface area contributed by atoms with E-state index in [0.717, 1.165) is 0 Å². The maximum atomic E-state index is 12.0. The van der Waals surface area contributed by atoms with Crippen LogP contribution < -0.4 is 0 Å². The molecule has 0 heterocycles. The molecule has 18 heavy (non-hydrogen) atoms. The molecule has 0 aromatic carbocycles. The van der Waals surface area contributed by atoms with Gasteiger partial charge in [0.1, 0.15) is 4.83 Å². The van der Waals surface area contributed by atoms with E-state index in [-0.39, 0.29) is 13.2 Å². The maximum absolute atomic E-state index is 12.0. The van der Waals surface area contributed by atoms with E-state index >= 15 is 0 Å². The zero-order chi connectivity index (χ0) is 13.9. The van der Waals surface area contributed by atoms with Gasteiger partial charge < -0.3 is 18.9 Å². The van der Waals surface area contributed by atoms with Crippen LogP contribution in [-0.2, 0) is 18.9 Å². The number of methoxy groups -OCH3 is 1. The lowest BCUT2D eigenvalue weighted by Gasteiger charge is -2.13. The van der Waals surface area contributed by atoms with Crippen LogP contribution >= 0.6 is 15.9 Å². The lowest BCUT2D eigenvalue weighted by atomic mass is 10.4. The molecule has 0 bridgehead atoms. The topological polar surface area (TPSA) is 36.9 Å². The number of alkyl halides is 4. The summed E-state index contributed by atoms with van der Waals surface area (Å²) in [7, 11) is 1.58. The largest absolute Gasteiger partial charge is 0.403 e. The molecule has 0 aromatic heterocycles. The van der Waals surface area contributed by atoms with Crippen molar-refractivity contribution >= 4 is 15.9 Å². The van der Waals surface area contributed by atoms with Crippen LogP contribution in [0.3, 0.4) is 0 Å². The molecule has 0 N–H and O–H groups in total. The normalized spacial score (nSPS) is 13.8. The minimum Gasteiger partial charge on any atom is -0.382 e. The Labute approximate surface area is 113 Å². The van der Waals surface area contributed by atoms with Crippen LogP contribution in [0.2, 0.25) is 0 Å². The minimum absolute atomic E-state index is 0.121. The first-order chi connectivity index (χ1) is 8.48. The van der Waals surface area contributed by atoms with Gasteiger partial charge in [0.15, 0.2) is 0 Å². The first-order valence-corrected chi connectivity index (χ1v) is 6.33. The average Bonchev–Trinajstić information content (AvgIpc) is 2.30. The van der Waals surface area contributed by atoms with Crippen molar-refractivity contribution in [1.82, 2.24) is 0 Å². The minimum atomic E-state index is -4.28. The van der Waals surface area contributed by atoms with E-state index < -0.39 is 17.6 Å². The van der Waals surface area contributed by atoms with Gasteiger partial charge in [-0.05, 0) is 0 Å². The van der Waals surface area contributed by atoms with Gasteiger partial charge in [-0.25, -0.2) is 0 Å². The van der Waals surface area contributed by atoms with E-state index in [0.29, 0.717) is 26.4 Å². The Morgan fingerprint density at radius 1 is 0.889 bits per heavy atom. The number of rotatable bonds is 11. The summed E-state index contributed by atoms with van der Waals surface area (Å²) in [6.07, 6.45) is -4.28. The van der Waals surface area contributed by atoms with Crippen molar-refractivity contribution in [2.24, 2.45) is 0 Å². The van der Waals surface area contributed by atoms with Crippen molar-refractivity contribution in [3.63, 3.8) is 0 Å². The molecule has 0 amide bonds. The van der Waals surface area contributed by atoms with Gasteiger partial charge in [0.2, 0.25) is 0 Å². The molecular weight excluding hydrogens is 321 g/mol. The number of hydrogen-bond acceptors (Lipinski definition) is 4. The fourth-order valence-corrected chi connectivity index (χ4v) is 1.05. The predicted octanol–water partition coefficient (Wildman–Crippen LogP) is 2.01. The van der Waals surface area contributed by atoms with Crippen molar-refractivity contribution in [3.8, 4) is 0 Å². The van der Waals surface area contributed by atoms with Crippen LogP contribution in [-0.4, -0.2) is 64.4 Å². The van der Waals surface area contributed by atoms with Crippen molar-refractivity contribution in [2.75, 3.05) is 53.4 Å². The zero-order valence-corrected chi connectivity index (χ0v) is 11.8. The number of ether oxygens (including phenoxy) is 4. The molecule has 1 unspecified atom stereocenters.